The van der Waals surface area contributed by atoms with Crippen LogP contribution in [0, 0.1) is 0 Å². The first-order valence-corrected chi connectivity index (χ1v) is 11.8. The Morgan fingerprint density at radius 3 is 2.62 bits per heavy atom. The predicted molar refractivity (Wildman–Crippen MR) is 129 cm³/mol. The zero-order chi connectivity index (χ0) is 22.1. The van der Waals surface area contributed by atoms with Gasteiger partial charge in [-0.25, -0.2) is 4.98 Å². The summed E-state index contributed by atoms with van der Waals surface area (Å²) in [6, 6.07) is 13.3. The number of carbonyl (C=O) groups excluding carboxylic acids is 1. The maximum atomic E-state index is 13.0. The number of hydrogen-bond donors (Lipinski definition) is 1. The third-order valence-electron chi connectivity index (χ3n) is 6.30. The number of nitrogens with one attached hydrogen (secondary N) is 1. The lowest BCUT2D eigenvalue weighted by Gasteiger charge is -2.29. The minimum Gasteiger partial charge on any atom is -0.370 e. The van der Waals surface area contributed by atoms with Crippen molar-refractivity contribution in [2.24, 2.45) is 0 Å². The molecule has 2 aliphatic rings. The normalized spacial score (nSPS) is 16.3. The number of para-hydroxylation sites is 1. The number of benzene rings is 2. The molecule has 0 spiro atoms. The lowest BCUT2D eigenvalue weighted by atomic mass is 10.1. The minimum atomic E-state index is -0.114. The van der Waals surface area contributed by atoms with Crippen molar-refractivity contribution < 1.29 is 4.79 Å². The van der Waals surface area contributed by atoms with Gasteiger partial charge in [-0.05, 0) is 62.4 Å². The van der Waals surface area contributed by atoms with Gasteiger partial charge < -0.3 is 10.2 Å². The van der Waals surface area contributed by atoms with Crippen LogP contribution in [0.15, 0.2) is 47.3 Å². The first kappa shape index (κ1) is 21.0. The number of nitrogens with zero attached hydrogens (tertiary/aromatic N) is 3. The standard InChI is InChI=1S/C25H27ClN4O2/c26-20-16-17(8-11-22(20)29-14-4-1-5-15-29)27-24(31)13-12-23-28-21-7-3-2-6-19(21)25(32)30(23)18-9-10-18/h2-3,6-8,11,16,18H,1,4-5,9-10,12-15H2,(H,27,31). The number of amides is 1. The van der Waals surface area contributed by atoms with Crippen LogP contribution in [0.5, 0.6) is 0 Å². The van der Waals surface area contributed by atoms with Gasteiger partial charge in [0.15, 0.2) is 0 Å². The number of aryl methyl sites for hydroxylation is 1. The van der Waals surface area contributed by atoms with E-state index in [2.05, 4.69) is 10.2 Å². The molecule has 1 amide bonds. The monoisotopic (exact) mass is 450 g/mol. The van der Waals surface area contributed by atoms with Gasteiger partial charge in [0.25, 0.3) is 5.56 Å². The Morgan fingerprint density at radius 2 is 1.88 bits per heavy atom. The molecule has 166 valence electrons. The largest absolute Gasteiger partial charge is 0.370 e. The van der Waals surface area contributed by atoms with Crippen molar-refractivity contribution in [3.63, 3.8) is 0 Å². The van der Waals surface area contributed by atoms with Gasteiger partial charge in [0.05, 0.1) is 21.6 Å². The Bertz CT molecular complexity index is 1210. The molecule has 1 N–H and O–H groups in total. The van der Waals surface area contributed by atoms with Gasteiger partial charge in [0.2, 0.25) is 5.91 Å². The number of halogens is 1. The van der Waals surface area contributed by atoms with Crippen LogP contribution in [0.4, 0.5) is 11.4 Å². The molecule has 0 unspecified atom stereocenters. The summed E-state index contributed by atoms with van der Waals surface area (Å²) in [5.74, 6) is 0.571. The molecule has 7 heteroatoms. The summed E-state index contributed by atoms with van der Waals surface area (Å²) in [6.07, 6.45) is 6.28. The summed E-state index contributed by atoms with van der Waals surface area (Å²) < 4.78 is 1.79. The van der Waals surface area contributed by atoms with E-state index >= 15 is 0 Å². The van der Waals surface area contributed by atoms with Gasteiger partial charge in [0.1, 0.15) is 5.82 Å². The molecule has 0 bridgehead atoms. The molecule has 0 radical (unpaired) electrons. The molecule has 1 aliphatic heterocycles. The molecule has 3 aromatic rings. The van der Waals surface area contributed by atoms with E-state index in [-0.39, 0.29) is 23.9 Å². The van der Waals surface area contributed by atoms with Crippen molar-refractivity contribution in [1.82, 2.24) is 9.55 Å². The predicted octanol–water partition coefficient (Wildman–Crippen LogP) is 4.95. The third kappa shape index (κ3) is 4.37. The van der Waals surface area contributed by atoms with Crippen molar-refractivity contribution in [2.75, 3.05) is 23.3 Å². The molecule has 32 heavy (non-hydrogen) atoms. The second-order valence-corrected chi connectivity index (χ2v) is 9.12. The highest BCUT2D eigenvalue weighted by atomic mass is 35.5. The van der Waals surface area contributed by atoms with E-state index in [0.717, 1.165) is 31.6 Å². The Kier molecular flexibility index (Phi) is 5.87. The van der Waals surface area contributed by atoms with Crippen LogP contribution in [-0.4, -0.2) is 28.5 Å². The third-order valence-corrected chi connectivity index (χ3v) is 6.60. The van der Waals surface area contributed by atoms with Crippen molar-refractivity contribution in [2.45, 2.75) is 51.0 Å². The molecule has 1 saturated carbocycles. The summed E-state index contributed by atoms with van der Waals surface area (Å²) in [6.45, 7) is 2.04. The Hall–Kier alpha value is -2.86. The van der Waals surface area contributed by atoms with Crippen LogP contribution >= 0.6 is 11.6 Å². The molecule has 5 rings (SSSR count). The minimum absolute atomic E-state index is 0.00593. The highest BCUT2D eigenvalue weighted by molar-refractivity contribution is 6.33. The maximum absolute atomic E-state index is 13.0. The smallest absolute Gasteiger partial charge is 0.261 e. The molecular formula is C25H27ClN4O2. The number of carbonyl (C=O) groups is 1. The fourth-order valence-electron chi connectivity index (χ4n) is 4.50. The SMILES string of the molecule is O=C(CCc1nc2ccccc2c(=O)n1C1CC1)Nc1ccc(N2CCCCC2)c(Cl)c1. The molecule has 2 aromatic carbocycles. The van der Waals surface area contributed by atoms with Gasteiger partial charge in [-0.3, -0.25) is 14.2 Å². The number of fused-ring (bicyclic) bond motifs is 1. The topological polar surface area (TPSA) is 67.2 Å². The number of anilines is 2. The van der Waals surface area contributed by atoms with Crippen molar-refractivity contribution in [3.8, 4) is 0 Å². The van der Waals surface area contributed by atoms with Crippen LogP contribution in [0.1, 0.15) is 50.4 Å². The molecule has 2 fully saturated rings. The Labute approximate surface area is 192 Å². The van der Waals surface area contributed by atoms with Crippen LogP contribution in [0.2, 0.25) is 5.02 Å². The van der Waals surface area contributed by atoms with Crippen molar-refractivity contribution >= 4 is 39.8 Å². The van der Waals surface area contributed by atoms with E-state index in [1.807, 2.05) is 42.5 Å². The lowest BCUT2D eigenvalue weighted by molar-refractivity contribution is -0.116. The molecule has 2 heterocycles. The Balaban J connectivity index is 1.28. The second kappa shape index (κ2) is 8.94. The zero-order valence-electron chi connectivity index (χ0n) is 18.0. The number of aromatic nitrogens is 2. The lowest BCUT2D eigenvalue weighted by Crippen LogP contribution is -2.29. The number of rotatable bonds is 6. The zero-order valence-corrected chi connectivity index (χ0v) is 18.8. The first-order valence-electron chi connectivity index (χ1n) is 11.4. The molecule has 1 aliphatic carbocycles. The van der Waals surface area contributed by atoms with E-state index in [0.29, 0.717) is 33.9 Å². The van der Waals surface area contributed by atoms with E-state index in [9.17, 15) is 9.59 Å². The molecular weight excluding hydrogens is 424 g/mol. The first-order chi connectivity index (χ1) is 15.6. The maximum Gasteiger partial charge on any atom is 0.261 e. The van der Waals surface area contributed by atoms with Gasteiger partial charge in [0, 0.05) is 37.7 Å². The summed E-state index contributed by atoms with van der Waals surface area (Å²) >= 11 is 6.51. The summed E-state index contributed by atoms with van der Waals surface area (Å²) in [5, 5.41) is 4.23. The second-order valence-electron chi connectivity index (χ2n) is 8.71. The summed E-state index contributed by atoms with van der Waals surface area (Å²) in [7, 11) is 0. The molecule has 1 aromatic heterocycles. The van der Waals surface area contributed by atoms with E-state index in [4.69, 9.17) is 16.6 Å². The van der Waals surface area contributed by atoms with E-state index in [1.54, 1.807) is 4.57 Å². The molecule has 6 nitrogen and oxygen atoms in total. The van der Waals surface area contributed by atoms with Gasteiger partial charge in [-0.15, -0.1) is 0 Å². The Morgan fingerprint density at radius 1 is 1.09 bits per heavy atom. The van der Waals surface area contributed by atoms with Gasteiger partial charge in [-0.1, -0.05) is 23.7 Å². The van der Waals surface area contributed by atoms with Gasteiger partial charge in [-0.2, -0.15) is 0 Å². The van der Waals surface area contributed by atoms with Crippen molar-refractivity contribution in [1.29, 1.82) is 0 Å². The summed E-state index contributed by atoms with van der Waals surface area (Å²) in [5.41, 5.74) is 2.39. The molecule has 1 saturated heterocycles. The van der Waals surface area contributed by atoms with Crippen LogP contribution in [0.3, 0.4) is 0 Å². The fraction of sp³-hybridized carbons (Fsp3) is 0.400. The van der Waals surface area contributed by atoms with E-state index < -0.39 is 0 Å². The quantitative estimate of drug-likeness (QED) is 0.577. The van der Waals surface area contributed by atoms with Crippen molar-refractivity contribution in [3.05, 3.63) is 63.7 Å². The number of hydrogen-bond acceptors (Lipinski definition) is 4. The molecule has 0 atom stereocenters. The summed E-state index contributed by atoms with van der Waals surface area (Å²) in [4.78, 5) is 32.6. The van der Waals surface area contributed by atoms with Gasteiger partial charge >= 0.3 is 0 Å². The number of piperidine rings is 1. The van der Waals surface area contributed by atoms with E-state index in [1.165, 1.54) is 19.3 Å². The highest BCUT2D eigenvalue weighted by Gasteiger charge is 2.28. The fourth-order valence-corrected chi connectivity index (χ4v) is 4.80. The van der Waals surface area contributed by atoms with Crippen LogP contribution < -0.4 is 15.8 Å². The van der Waals surface area contributed by atoms with Crippen LogP contribution in [0.25, 0.3) is 10.9 Å². The average molecular weight is 451 g/mol. The average Bonchev–Trinajstić information content (AvgIpc) is 3.63. The highest BCUT2D eigenvalue weighted by Crippen LogP contribution is 2.35. The van der Waals surface area contributed by atoms with Crippen LogP contribution in [-0.2, 0) is 11.2 Å².